The van der Waals surface area contributed by atoms with E-state index in [1.807, 2.05) is 11.3 Å². The Balaban J connectivity index is 1.67. The molecule has 2 nitrogen and oxygen atoms in total. The molecule has 20 heavy (non-hydrogen) atoms. The summed E-state index contributed by atoms with van der Waals surface area (Å²) < 4.78 is 0.920. The van der Waals surface area contributed by atoms with Gasteiger partial charge >= 0.3 is 0 Å². The molecule has 2 unspecified atom stereocenters. The maximum absolute atomic E-state index is 6.12. The zero-order valence-electron chi connectivity index (χ0n) is 11.7. The predicted molar refractivity (Wildman–Crippen MR) is 89.1 cm³/mol. The van der Waals surface area contributed by atoms with Gasteiger partial charge in [0.05, 0.1) is 10.4 Å². The van der Waals surface area contributed by atoms with Crippen LogP contribution in [0.15, 0.2) is 23.6 Å². The van der Waals surface area contributed by atoms with Crippen LogP contribution in [0, 0.1) is 0 Å². The first-order valence-electron chi connectivity index (χ1n) is 6.86. The van der Waals surface area contributed by atoms with Crippen molar-refractivity contribution in [3.8, 4) is 0 Å². The second-order valence-electron chi connectivity index (χ2n) is 5.42. The minimum atomic E-state index is 0.438. The second-order valence-corrected chi connectivity index (χ2v) is 8.17. The highest BCUT2D eigenvalue weighted by Crippen LogP contribution is 2.39. The topological polar surface area (TPSA) is 15.3 Å². The molecule has 0 aromatic carbocycles. The summed E-state index contributed by atoms with van der Waals surface area (Å²) in [5.74, 6) is 0. The first-order valence-corrected chi connectivity index (χ1v) is 8.94. The second kappa shape index (κ2) is 6.16. The molecule has 0 radical (unpaired) electrons. The Morgan fingerprint density at radius 3 is 3.05 bits per heavy atom. The number of hydrogen-bond donors (Lipinski definition) is 1. The van der Waals surface area contributed by atoms with E-state index in [1.54, 1.807) is 11.3 Å². The average molecular weight is 327 g/mol. The largest absolute Gasteiger partial charge is 0.308 e. The number of aryl methyl sites for hydroxylation is 1. The molecular formula is C15H19ClN2S2. The van der Waals surface area contributed by atoms with Gasteiger partial charge in [0.1, 0.15) is 0 Å². The van der Waals surface area contributed by atoms with Crippen LogP contribution in [0.1, 0.15) is 33.8 Å². The molecule has 0 saturated carbocycles. The van der Waals surface area contributed by atoms with Crippen molar-refractivity contribution >= 4 is 34.3 Å². The summed E-state index contributed by atoms with van der Waals surface area (Å²) in [5, 5.41) is 5.88. The smallest absolute Gasteiger partial charge is 0.0934 e. The zero-order chi connectivity index (χ0) is 14.1. The Hall–Kier alpha value is -0.390. The molecule has 2 aromatic heterocycles. The molecule has 0 bridgehead atoms. The monoisotopic (exact) mass is 326 g/mol. The van der Waals surface area contributed by atoms with Crippen LogP contribution in [-0.4, -0.2) is 25.5 Å². The fourth-order valence-corrected chi connectivity index (χ4v) is 5.09. The highest BCUT2D eigenvalue weighted by atomic mass is 35.5. The molecule has 0 aliphatic heterocycles. The molecule has 2 heterocycles. The minimum absolute atomic E-state index is 0.438. The molecule has 5 heteroatoms. The molecule has 2 aromatic rings. The van der Waals surface area contributed by atoms with Crippen molar-refractivity contribution in [2.75, 3.05) is 20.6 Å². The highest BCUT2D eigenvalue weighted by molar-refractivity contribution is 7.16. The van der Waals surface area contributed by atoms with E-state index >= 15 is 0 Å². The summed E-state index contributed by atoms with van der Waals surface area (Å²) in [6.45, 7) is 0.977. The van der Waals surface area contributed by atoms with Gasteiger partial charge in [0.2, 0.25) is 0 Å². The van der Waals surface area contributed by atoms with Crippen LogP contribution in [0.4, 0.5) is 0 Å². The highest BCUT2D eigenvalue weighted by Gasteiger charge is 2.26. The lowest BCUT2D eigenvalue weighted by Crippen LogP contribution is -2.32. The van der Waals surface area contributed by atoms with Crippen LogP contribution in [0.5, 0.6) is 0 Å². The van der Waals surface area contributed by atoms with E-state index in [0.717, 1.165) is 17.3 Å². The Morgan fingerprint density at radius 2 is 2.35 bits per heavy atom. The maximum atomic E-state index is 6.12. The van der Waals surface area contributed by atoms with Crippen LogP contribution >= 0.6 is 34.3 Å². The van der Waals surface area contributed by atoms with Crippen molar-refractivity contribution < 1.29 is 0 Å². The number of halogens is 1. The Morgan fingerprint density at radius 1 is 1.50 bits per heavy atom. The van der Waals surface area contributed by atoms with Crippen molar-refractivity contribution in [3.05, 3.63) is 43.2 Å². The molecular weight excluding hydrogens is 308 g/mol. The standard InChI is InChI=1S/C15H19ClN2S2/c1-18(2)12(14-4-3-7-19-14)9-17-11-5-6-13-10(11)8-15(16)20-13/h3-4,7-8,11-12,17H,5-6,9H2,1-2H3. The van der Waals surface area contributed by atoms with Crippen molar-refractivity contribution in [1.82, 2.24) is 10.2 Å². The molecule has 3 rings (SSSR count). The summed E-state index contributed by atoms with van der Waals surface area (Å²) in [5.41, 5.74) is 1.42. The maximum Gasteiger partial charge on any atom is 0.0934 e. The molecule has 0 spiro atoms. The van der Waals surface area contributed by atoms with E-state index in [-0.39, 0.29) is 0 Å². The molecule has 0 saturated heterocycles. The number of hydrogen-bond acceptors (Lipinski definition) is 4. The van der Waals surface area contributed by atoms with E-state index in [4.69, 9.17) is 11.6 Å². The first-order chi connectivity index (χ1) is 9.65. The van der Waals surface area contributed by atoms with Gasteiger partial charge in [-0.2, -0.15) is 0 Å². The minimum Gasteiger partial charge on any atom is -0.308 e. The lowest BCUT2D eigenvalue weighted by Gasteiger charge is -2.25. The van der Waals surface area contributed by atoms with E-state index in [9.17, 15) is 0 Å². The van der Waals surface area contributed by atoms with Gasteiger partial charge in [-0.1, -0.05) is 17.7 Å². The fraction of sp³-hybridized carbons (Fsp3) is 0.467. The third-order valence-electron chi connectivity index (χ3n) is 3.90. The average Bonchev–Trinajstić information content (AvgIpc) is 3.07. The van der Waals surface area contributed by atoms with Gasteiger partial charge in [-0.25, -0.2) is 0 Å². The summed E-state index contributed by atoms with van der Waals surface area (Å²) in [7, 11) is 4.29. The number of likely N-dealkylation sites (N-methyl/N-ethyl adjacent to an activating group) is 1. The molecule has 108 valence electrons. The first kappa shape index (κ1) is 14.5. The van der Waals surface area contributed by atoms with Crippen LogP contribution in [0.2, 0.25) is 4.34 Å². The van der Waals surface area contributed by atoms with Crippen LogP contribution < -0.4 is 5.32 Å². The van der Waals surface area contributed by atoms with E-state index in [1.165, 1.54) is 21.7 Å². The lowest BCUT2D eigenvalue weighted by atomic mass is 10.1. The third-order valence-corrected chi connectivity index (χ3v) is 6.21. The van der Waals surface area contributed by atoms with E-state index in [0.29, 0.717) is 12.1 Å². The Bertz CT molecular complexity index is 562. The number of nitrogens with zero attached hydrogens (tertiary/aromatic N) is 1. The summed E-state index contributed by atoms with van der Waals surface area (Å²) >= 11 is 9.69. The van der Waals surface area contributed by atoms with Crippen LogP contribution in [-0.2, 0) is 6.42 Å². The van der Waals surface area contributed by atoms with Crippen LogP contribution in [0.25, 0.3) is 0 Å². The van der Waals surface area contributed by atoms with Crippen molar-refractivity contribution in [2.24, 2.45) is 0 Å². The fourth-order valence-electron chi connectivity index (χ4n) is 2.81. The molecule has 2 atom stereocenters. The van der Waals surface area contributed by atoms with Crippen molar-refractivity contribution in [2.45, 2.75) is 24.9 Å². The SMILES string of the molecule is CN(C)C(CNC1CCc2sc(Cl)cc21)c1cccs1. The predicted octanol–water partition coefficient (Wildman–Crippen LogP) is 4.34. The number of rotatable bonds is 5. The third kappa shape index (κ3) is 2.95. The van der Waals surface area contributed by atoms with Gasteiger partial charge in [-0.05, 0) is 50.0 Å². The van der Waals surface area contributed by atoms with Crippen molar-refractivity contribution in [3.63, 3.8) is 0 Å². The Kier molecular flexibility index (Phi) is 4.48. The quantitative estimate of drug-likeness (QED) is 0.879. The van der Waals surface area contributed by atoms with Gasteiger partial charge in [0, 0.05) is 22.3 Å². The van der Waals surface area contributed by atoms with Crippen molar-refractivity contribution in [1.29, 1.82) is 0 Å². The molecule has 1 aliphatic rings. The number of thiophene rings is 2. The summed E-state index contributed by atoms with van der Waals surface area (Å²) in [6, 6.07) is 7.40. The Labute approximate surface area is 133 Å². The van der Waals surface area contributed by atoms with Gasteiger partial charge < -0.3 is 10.2 Å². The van der Waals surface area contributed by atoms with Gasteiger partial charge in [-0.3, -0.25) is 0 Å². The normalized spacial score (nSPS) is 19.5. The van der Waals surface area contributed by atoms with Gasteiger partial charge in [0.25, 0.3) is 0 Å². The van der Waals surface area contributed by atoms with Gasteiger partial charge in [0.15, 0.2) is 0 Å². The van der Waals surface area contributed by atoms with Gasteiger partial charge in [-0.15, -0.1) is 22.7 Å². The van der Waals surface area contributed by atoms with E-state index < -0.39 is 0 Å². The summed E-state index contributed by atoms with van der Waals surface area (Å²) in [4.78, 5) is 5.17. The number of nitrogens with one attached hydrogen (secondary N) is 1. The molecule has 0 amide bonds. The van der Waals surface area contributed by atoms with E-state index in [2.05, 4.69) is 47.9 Å². The summed E-state index contributed by atoms with van der Waals surface area (Å²) in [6.07, 6.45) is 2.36. The number of fused-ring (bicyclic) bond motifs is 1. The lowest BCUT2D eigenvalue weighted by molar-refractivity contribution is 0.283. The molecule has 1 N–H and O–H groups in total. The van der Waals surface area contributed by atoms with Crippen LogP contribution in [0.3, 0.4) is 0 Å². The zero-order valence-corrected chi connectivity index (χ0v) is 14.1. The molecule has 1 aliphatic carbocycles. The molecule has 0 fully saturated rings.